The minimum atomic E-state index is -0.338. The van der Waals surface area contributed by atoms with Gasteiger partial charge in [0.25, 0.3) is 0 Å². The third-order valence-corrected chi connectivity index (χ3v) is 3.55. The summed E-state index contributed by atoms with van der Waals surface area (Å²) in [5.41, 5.74) is 8.30. The van der Waals surface area contributed by atoms with Crippen LogP contribution in [-0.4, -0.2) is 22.6 Å². The lowest BCUT2D eigenvalue weighted by Crippen LogP contribution is -2.09. The molecular formula is C11H13N3O2S. The quantitative estimate of drug-likeness (QED) is 0.839. The van der Waals surface area contributed by atoms with Crippen LogP contribution in [0.4, 0.5) is 0 Å². The number of carbonyl (C=O) groups excluding carboxylic acids is 1. The summed E-state index contributed by atoms with van der Waals surface area (Å²) in [6.07, 6.45) is 3.35. The summed E-state index contributed by atoms with van der Waals surface area (Å²) < 4.78 is 6.60. The van der Waals surface area contributed by atoms with Crippen LogP contribution < -0.4 is 5.73 Å². The van der Waals surface area contributed by atoms with Crippen molar-refractivity contribution >= 4 is 17.3 Å². The Morgan fingerprint density at radius 2 is 2.41 bits per heavy atom. The summed E-state index contributed by atoms with van der Waals surface area (Å²) in [5.74, 6) is -0.338. The van der Waals surface area contributed by atoms with E-state index >= 15 is 0 Å². The van der Waals surface area contributed by atoms with Crippen molar-refractivity contribution in [2.24, 2.45) is 5.73 Å². The van der Waals surface area contributed by atoms with Crippen LogP contribution in [0.15, 0.2) is 17.9 Å². The number of rotatable bonds is 3. The highest BCUT2D eigenvalue weighted by molar-refractivity contribution is 7.12. The van der Waals surface area contributed by atoms with Gasteiger partial charge in [0.15, 0.2) is 0 Å². The van der Waals surface area contributed by atoms with Crippen LogP contribution in [-0.2, 0) is 11.3 Å². The Morgan fingerprint density at radius 3 is 3.06 bits per heavy atom. The molecule has 6 heteroatoms. The molecule has 0 aliphatic carbocycles. The zero-order chi connectivity index (χ0) is 12.4. The fourth-order valence-corrected chi connectivity index (χ4v) is 2.61. The normalized spacial score (nSPS) is 10.5. The van der Waals surface area contributed by atoms with E-state index in [0.29, 0.717) is 11.4 Å². The van der Waals surface area contributed by atoms with E-state index in [-0.39, 0.29) is 5.97 Å². The van der Waals surface area contributed by atoms with Crippen LogP contribution in [0.3, 0.4) is 0 Å². The van der Waals surface area contributed by atoms with Crippen molar-refractivity contribution in [3.63, 3.8) is 0 Å². The van der Waals surface area contributed by atoms with Gasteiger partial charge >= 0.3 is 5.97 Å². The zero-order valence-electron chi connectivity index (χ0n) is 9.64. The van der Waals surface area contributed by atoms with E-state index < -0.39 is 0 Å². The first kappa shape index (κ1) is 11.8. The summed E-state index contributed by atoms with van der Waals surface area (Å²) in [5, 5.41) is 1.92. The zero-order valence-corrected chi connectivity index (χ0v) is 10.5. The Hall–Kier alpha value is -1.66. The summed E-state index contributed by atoms with van der Waals surface area (Å²) in [6, 6.07) is 0. The van der Waals surface area contributed by atoms with Crippen LogP contribution in [0.2, 0.25) is 0 Å². The molecule has 90 valence electrons. The van der Waals surface area contributed by atoms with Crippen LogP contribution >= 0.6 is 11.3 Å². The van der Waals surface area contributed by atoms with Crippen molar-refractivity contribution in [2.45, 2.75) is 13.5 Å². The number of esters is 1. The topological polar surface area (TPSA) is 70.1 Å². The fraction of sp³-hybridized carbons (Fsp3) is 0.273. The minimum absolute atomic E-state index is 0.338. The Kier molecular flexibility index (Phi) is 3.26. The van der Waals surface area contributed by atoms with Crippen LogP contribution in [0.25, 0.3) is 5.69 Å². The molecule has 0 aliphatic heterocycles. The molecule has 0 fully saturated rings. The van der Waals surface area contributed by atoms with Crippen molar-refractivity contribution < 1.29 is 9.53 Å². The molecule has 0 saturated heterocycles. The average molecular weight is 251 g/mol. The maximum Gasteiger partial charge on any atom is 0.350 e. The van der Waals surface area contributed by atoms with Gasteiger partial charge in [-0.05, 0) is 17.9 Å². The molecule has 2 rings (SSSR count). The molecular weight excluding hydrogens is 238 g/mol. The van der Waals surface area contributed by atoms with Crippen LogP contribution in [0, 0.1) is 6.92 Å². The third kappa shape index (κ3) is 1.96. The molecule has 0 aromatic carbocycles. The van der Waals surface area contributed by atoms with Crippen molar-refractivity contribution in [1.29, 1.82) is 0 Å². The summed E-state index contributed by atoms with van der Waals surface area (Å²) in [6.45, 7) is 2.31. The Balaban J connectivity index is 2.58. The molecule has 0 atom stereocenters. The van der Waals surface area contributed by atoms with E-state index in [0.717, 1.165) is 16.9 Å². The molecule has 2 heterocycles. The highest BCUT2D eigenvalue weighted by Gasteiger charge is 2.19. The monoisotopic (exact) mass is 251 g/mol. The van der Waals surface area contributed by atoms with Gasteiger partial charge in [0, 0.05) is 12.7 Å². The van der Waals surface area contributed by atoms with Crippen molar-refractivity contribution in [3.8, 4) is 5.69 Å². The summed E-state index contributed by atoms with van der Waals surface area (Å²) in [7, 11) is 1.37. The Morgan fingerprint density at radius 1 is 1.65 bits per heavy atom. The molecule has 0 spiro atoms. The third-order valence-electron chi connectivity index (χ3n) is 2.48. The molecule has 0 saturated carbocycles. The van der Waals surface area contributed by atoms with Crippen molar-refractivity contribution in [1.82, 2.24) is 9.55 Å². The second-order valence-corrected chi connectivity index (χ2v) is 4.43. The number of hydrogen-bond donors (Lipinski definition) is 1. The predicted molar refractivity (Wildman–Crippen MR) is 65.4 cm³/mol. The van der Waals surface area contributed by atoms with Gasteiger partial charge in [-0.2, -0.15) is 0 Å². The number of nitrogens with zero attached hydrogens (tertiary/aromatic N) is 2. The molecule has 0 bridgehead atoms. The van der Waals surface area contributed by atoms with Crippen LogP contribution in [0.5, 0.6) is 0 Å². The van der Waals surface area contributed by atoms with Crippen LogP contribution in [0.1, 0.15) is 20.9 Å². The number of aromatic nitrogens is 2. The Bertz CT molecular complexity index is 545. The first-order valence-corrected chi connectivity index (χ1v) is 5.95. The number of nitrogens with two attached hydrogens (primary N) is 1. The van der Waals surface area contributed by atoms with E-state index in [9.17, 15) is 4.79 Å². The van der Waals surface area contributed by atoms with Gasteiger partial charge in [0.1, 0.15) is 4.88 Å². The lowest BCUT2D eigenvalue weighted by molar-refractivity contribution is 0.0606. The average Bonchev–Trinajstić information content (AvgIpc) is 2.93. The standard InChI is InChI=1S/C11H13N3O2S/c1-7-5-17-10(11(15)16-2)9(7)14-6-13-4-8(14)3-12/h4-6H,3,12H2,1-2H3. The molecule has 0 aliphatic rings. The molecule has 2 aromatic rings. The van der Waals surface area contributed by atoms with Gasteiger partial charge in [-0.3, -0.25) is 4.57 Å². The Labute approximate surface area is 103 Å². The number of imidazole rings is 1. The van der Waals surface area contributed by atoms with E-state index in [4.69, 9.17) is 10.5 Å². The van der Waals surface area contributed by atoms with Gasteiger partial charge in [0.2, 0.25) is 0 Å². The molecule has 5 nitrogen and oxygen atoms in total. The van der Waals surface area contributed by atoms with E-state index in [1.807, 2.05) is 16.9 Å². The predicted octanol–water partition coefficient (Wildman–Crippen LogP) is 1.49. The molecule has 0 radical (unpaired) electrons. The van der Waals surface area contributed by atoms with Gasteiger partial charge < -0.3 is 10.5 Å². The second-order valence-electron chi connectivity index (χ2n) is 3.55. The highest BCUT2D eigenvalue weighted by Crippen LogP contribution is 2.27. The van der Waals surface area contributed by atoms with Crippen molar-refractivity contribution in [3.05, 3.63) is 34.0 Å². The molecule has 17 heavy (non-hydrogen) atoms. The van der Waals surface area contributed by atoms with Gasteiger partial charge in [-0.25, -0.2) is 9.78 Å². The van der Waals surface area contributed by atoms with Gasteiger partial charge in [0.05, 0.1) is 24.8 Å². The van der Waals surface area contributed by atoms with E-state index in [1.54, 1.807) is 12.5 Å². The van der Waals surface area contributed by atoms with Gasteiger partial charge in [-0.15, -0.1) is 11.3 Å². The summed E-state index contributed by atoms with van der Waals surface area (Å²) in [4.78, 5) is 16.3. The number of hydrogen-bond acceptors (Lipinski definition) is 5. The number of thiophene rings is 1. The minimum Gasteiger partial charge on any atom is -0.465 e. The number of carbonyl (C=O) groups is 1. The lowest BCUT2D eigenvalue weighted by Gasteiger charge is -2.08. The smallest absolute Gasteiger partial charge is 0.350 e. The second kappa shape index (κ2) is 4.68. The maximum absolute atomic E-state index is 11.7. The number of methoxy groups -OCH3 is 1. The molecule has 0 unspecified atom stereocenters. The summed E-state index contributed by atoms with van der Waals surface area (Å²) >= 11 is 1.36. The molecule has 2 aromatic heterocycles. The lowest BCUT2D eigenvalue weighted by atomic mass is 10.2. The highest BCUT2D eigenvalue weighted by atomic mass is 32.1. The SMILES string of the molecule is COC(=O)c1scc(C)c1-n1cncc1CN. The fourth-order valence-electron chi connectivity index (χ4n) is 1.65. The first-order valence-electron chi connectivity index (χ1n) is 5.07. The molecule has 0 amide bonds. The number of aryl methyl sites for hydroxylation is 1. The maximum atomic E-state index is 11.7. The number of ether oxygens (including phenoxy) is 1. The first-order chi connectivity index (χ1) is 8.19. The van der Waals surface area contributed by atoms with E-state index in [2.05, 4.69) is 4.98 Å². The molecule has 2 N–H and O–H groups in total. The van der Waals surface area contributed by atoms with Gasteiger partial charge in [-0.1, -0.05) is 0 Å². The largest absolute Gasteiger partial charge is 0.465 e. The van der Waals surface area contributed by atoms with E-state index in [1.165, 1.54) is 18.4 Å². The van der Waals surface area contributed by atoms with Crippen molar-refractivity contribution in [2.75, 3.05) is 7.11 Å².